The van der Waals surface area contributed by atoms with Gasteiger partial charge in [0.2, 0.25) is 0 Å². The van der Waals surface area contributed by atoms with E-state index in [1.807, 2.05) is 63.6 Å². The molecule has 0 bridgehead atoms. The van der Waals surface area contributed by atoms with Crippen LogP contribution in [-0.4, -0.2) is 29.2 Å². The quantitative estimate of drug-likeness (QED) is 0.165. The Morgan fingerprint density at radius 1 is 0.500 bits per heavy atom. The summed E-state index contributed by atoms with van der Waals surface area (Å²) < 4.78 is 2.25. The third kappa shape index (κ3) is 4.75. The van der Waals surface area contributed by atoms with Gasteiger partial charge in [-0.15, -0.1) is 0 Å². The summed E-state index contributed by atoms with van der Waals surface area (Å²) in [5, 5.41) is 3.46. The summed E-state index contributed by atoms with van der Waals surface area (Å²) in [7, 11) is 5.92. The number of hydrogen-bond acceptors (Lipinski definition) is 6. The Labute approximate surface area is 222 Å². The Hall–Kier alpha value is -2.52. The Morgan fingerprint density at radius 3 is 1.17 bits per heavy atom. The van der Waals surface area contributed by atoms with Crippen LogP contribution in [0.25, 0.3) is 32.7 Å². The fourth-order valence-corrected chi connectivity index (χ4v) is 35.3. The van der Waals surface area contributed by atoms with E-state index in [9.17, 15) is 0 Å². The SMILES string of the molecule is C=[CH][Sn]([S]c1cccc2cccnc12)([S]c1cccc2cccnc12)[S]c1cccc2cccnc12. The van der Waals surface area contributed by atoms with Crippen LogP contribution in [-0.2, 0) is 0 Å². The van der Waals surface area contributed by atoms with Gasteiger partial charge in [-0.1, -0.05) is 0 Å². The maximum atomic E-state index is 4.75. The van der Waals surface area contributed by atoms with E-state index in [4.69, 9.17) is 15.0 Å². The van der Waals surface area contributed by atoms with Gasteiger partial charge in [0.1, 0.15) is 0 Å². The van der Waals surface area contributed by atoms with Gasteiger partial charge in [0.05, 0.1) is 0 Å². The Bertz CT molecular complexity index is 1510. The summed E-state index contributed by atoms with van der Waals surface area (Å²) in [5.41, 5.74) is 3.13. The van der Waals surface area contributed by atoms with Gasteiger partial charge in [-0.05, 0) is 0 Å². The molecule has 0 saturated carbocycles. The van der Waals surface area contributed by atoms with Crippen LogP contribution in [0, 0.1) is 0 Å². The summed E-state index contributed by atoms with van der Waals surface area (Å²) in [6.45, 7) is 4.43. The van der Waals surface area contributed by atoms with E-state index in [2.05, 4.69) is 83.5 Å². The summed E-state index contributed by atoms with van der Waals surface area (Å²) in [6.07, 6.45) is 5.63. The molecular formula is C29H21N3S3Sn. The van der Waals surface area contributed by atoms with Crippen LogP contribution >= 0.6 is 26.8 Å². The van der Waals surface area contributed by atoms with Crippen LogP contribution in [0.4, 0.5) is 0 Å². The van der Waals surface area contributed by atoms with Gasteiger partial charge < -0.3 is 0 Å². The zero-order valence-electron chi connectivity index (χ0n) is 19.2. The third-order valence-electron chi connectivity index (χ3n) is 5.79. The van der Waals surface area contributed by atoms with E-state index >= 15 is 0 Å². The number of hydrogen-bond donors (Lipinski definition) is 0. The molecule has 36 heavy (non-hydrogen) atoms. The molecule has 0 amide bonds. The molecular weight excluding hydrogens is 605 g/mol. The number of rotatable bonds is 7. The zero-order valence-corrected chi connectivity index (χ0v) is 24.5. The van der Waals surface area contributed by atoms with Gasteiger partial charge in [0, 0.05) is 0 Å². The van der Waals surface area contributed by atoms with Crippen LogP contribution in [0.2, 0.25) is 0 Å². The average Bonchev–Trinajstić information content (AvgIpc) is 2.94. The molecule has 0 aliphatic heterocycles. The zero-order chi connectivity index (χ0) is 24.4. The molecule has 0 aliphatic carbocycles. The second-order valence-electron chi connectivity index (χ2n) is 8.11. The summed E-state index contributed by atoms with van der Waals surface area (Å²) in [5.74, 6) is 0. The predicted octanol–water partition coefficient (Wildman–Crippen LogP) is 8.67. The standard InChI is InChI=1S/3C9H7NS.C2H3.Sn/c3*11-8-5-1-3-7-4-2-6-10-9(7)8;1-2;/h3*1-6,11H;1H,2H2;/q;;;;+3/p-3. The van der Waals surface area contributed by atoms with Gasteiger partial charge in [-0.3, -0.25) is 0 Å². The van der Waals surface area contributed by atoms with Crippen molar-refractivity contribution in [2.24, 2.45) is 0 Å². The van der Waals surface area contributed by atoms with Crippen molar-refractivity contribution in [1.82, 2.24) is 15.0 Å². The summed E-state index contributed by atoms with van der Waals surface area (Å²) in [6, 6.07) is 31.7. The maximum absolute atomic E-state index is 4.75. The fourth-order valence-electron chi connectivity index (χ4n) is 4.12. The van der Waals surface area contributed by atoms with Crippen molar-refractivity contribution in [2.45, 2.75) is 14.7 Å². The number of fused-ring (bicyclic) bond motifs is 3. The van der Waals surface area contributed by atoms with Gasteiger partial charge in [-0.2, -0.15) is 0 Å². The molecule has 0 atom stereocenters. The van der Waals surface area contributed by atoms with Gasteiger partial charge in [0.25, 0.3) is 0 Å². The first-order chi connectivity index (χ1) is 17.7. The molecule has 7 heteroatoms. The van der Waals surface area contributed by atoms with E-state index < -0.39 is 14.2 Å². The van der Waals surface area contributed by atoms with Gasteiger partial charge in [-0.25, -0.2) is 0 Å². The second-order valence-corrected chi connectivity index (χ2v) is 38.1. The second kappa shape index (κ2) is 10.5. The topological polar surface area (TPSA) is 38.7 Å². The van der Waals surface area contributed by atoms with Crippen LogP contribution < -0.4 is 0 Å². The molecule has 174 valence electrons. The first-order valence-electron chi connectivity index (χ1n) is 11.5. The third-order valence-corrected chi connectivity index (χ3v) is 36.1. The Balaban J connectivity index is 1.51. The molecule has 0 N–H and O–H groups in total. The Kier molecular flexibility index (Phi) is 6.93. The predicted molar refractivity (Wildman–Crippen MR) is 159 cm³/mol. The van der Waals surface area contributed by atoms with Gasteiger partial charge in [0.15, 0.2) is 0 Å². The van der Waals surface area contributed by atoms with Crippen molar-refractivity contribution in [2.75, 3.05) is 0 Å². The first-order valence-corrected chi connectivity index (χ1v) is 26.0. The van der Waals surface area contributed by atoms with Crippen molar-refractivity contribution >= 4 is 73.8 Å². The van der Waals surface area contributed by atoms with Crippen molar-refractivity contribution in [1.29, 1.82) is 0 Å². The molecule has 3 nitrogen and oxygen atoms in total. The normalized spacial score (nSPS) is 11.8. The fraction of sp³-hybridized carbons (Fsp3) is 0. The van der Waals surface area contributed by atoms with Crippen LogP contribution in [0.15, 0.2) is 135 Å². The van der Waals surface area contributed by atoms with Crippen molar-refractivity contribution in [3.8, 4) is 0 Å². The monoisotopic (exact) mass is 627 g/mol. The molecule has 6 rings (SSSR count). The molecule has 0 aliphatic rings. The van der Waals surface area contributed by atoms with E-state index in [1.165, 1.54) is 14.7 Å². The molecule has 0 fully saturated rings. The minimum absolute atomic E-state index is 1.04. The van der Waals surface area contributed by atoms with E-state index in [0.717, 1.165) is 32.7 Å². The summed E-state index contributed by atoms with van der Waals surface area (Å²) >= 11 is -3.44. The van der Waals surface area contributed by atoms with Crippen molar-refractivity contribution in [3.63, 3.8) is 0 Å². The first kappa shape index (κ1) is 23.9. The molecule has 0 saturated heterocycles. The van der Waals surface area contributed by atoms with E-state index in [0.29, 0.717) is 0 Å². The Morgan fingerprint density at radius 2 is 0.833 bits per heavy atom. The number of para-hydroxylation sites is 3. The van der Waals surface area contributed by atoms with Crippen LogP contribution in [0.3, 0.4) is 0 Å². The van der Waals surface area contributed by atoms with Crippen molar-refractivity contribution in [3.05, 3.63) is 120 Å². The average molecular weight is 626 g/mol. The van der Waals surface area contributed by atoms with Gasteiger partial charge >= 0.3 is 224 Å². The molecule has 3 heterocycles. The number of benzene rings is 3. The number of aromatic nitrogens is 3. The molecule has 3 aromatic carbocycles. The molecule has 0 unspecified atom stereocenters. The molecule has 0 spiro atoms. The summed E-state index contributed by atoms with van der Waals surface area (Å²) in [4.78, 5) is 17.8. The number of nitrogens with zero attached hydrogens (tertiary/aromatic N) is 3. The molecule has 3 aromatic heterocycles. The van der Waals surface area contributed by atoms with Crippen molar-refractivity contribution < 1.29 is 0 Å². The molecule has 0 radical (unpaired) electrons. The van der Waals surface area contributed by atoms with Crippen LogP contribution in [0.5, 0.6) is 0 Å². The van der Waals surface area contributed by atoms with E-state index in [-0.39, 0.29) is 0 Å². The van der Waals surface area contributed by atoms with E-state index in [1.54, 1.807) is 0 Å². The number of pyridine rings is 3. The minimum atomic E-state index is -3.44. The van der Waals surface area contributed by atoms with Crippen LogP contribution in [0.1, 0.15) is 0 Å². The molecule has 6 aromatic rings.